The average Bonchev–Trinajstić information content (AvgIpc) is 2.85. The third-order valence-electron chi connectivity index (χ3n) is 3.49. The Morgan fingerprint density at radius 2 is 2.26 bits per heavy atom. The lowest BCUT2D eigenvalue weighted by Crippen LogP contribution is -2.30. The molecule has 104 valence electrons. The number of hydrogen-bond donors (Lipinski definition) is 1. The Hall–Kier alpha value is -1.62. The lowest BCUT2D eigenvalue weighted by atomic mass is 10.2. The first kappa shape index (κ1) is 13.8. The molecule has 2 atom stereocenters. The van der Waals surface area contributed by atoms with Crippen LogP contribution in [0.1, 0.15) is 29.8 Å². The second-order valence-electron chi connectivity index (χ2n) is 5.09. The number of nitrogens with one attached hydrogen (secondary N) is 1. The van der Waals surface area contributed by atoms with Crippen LogP contribution in [0.25, 0.3) is 0 Å². The van der Waals surface area contributed by atoms with Gasteiger partial charge in [-0.25, -0.2) is 0 Å². The summed E-state index contributed by atoms with van der Waals surface area (Å²) in [6, 6.07) is 4.00. The van der Waals surface area contributed by atoms with Gasteiger partial charge in [0.1, 0.15) is 5.69 Å². The van der Waals surface area contributed by atoms with E-state index in [1.54, 1.807) is 33.5 Å². The summed E-state index contributed by atoms with van der Waals surface area (Å²) in [7, 11) is 5.20. The monoisotopic (exact) mass is 263 g/mol. The molecule has 1 N–H and O–H groups in total. The molecule has 1 aliphatic rings. The molecule has 0 bridgehead atoms. The van der Waals surface area contributed by atoms with Gasteiger partial charge in [0.25, 0.3) is 5.91 Å². The highest BCUT2D eigenvalue weighted by molar-refractivity contribution is 5.92. The Bertz CT molecular complexity index is 448. The smallest absolute Gasteiger partial charge is 0.272 e. The first-order chi connectivity index (χ1) is 9.11. The van der Waals surface area contributed by atoms with Crippen LogP contribution in [-0.2, 0) is 4.74 Å². The zero-order chi connectivity index (χ0) is 13.8. The van der Waals surface area contributed by atoms with Gasteiger partial charge in [0, 0.05) is 33.1 Å². The largest absolute Gasteiger partial charge is 0.380 e. The standard InChI is InChI=1S/C14H21N3O2/c1-17(2)14(18)12-9-10(7-8-15-12)16-11-5-4-6-13(11)19-3/h7-9,11,13H,4-6H2,1-3H3,(H,15,16). The number of carbonyl (C=O) groups excluding carboxylic acids is 1. The summed E-state index contributed by atoms with van der Waals surface area (Å²) in [4.78, 5) is 17.5. The Balaban J connectivity index is 2.09. The summed E-state index contributed by atoms with van der Waals surface area (Å²) in [6.07, 6.45) is 5.27. The molecule has 1 heterocycles. The first-order valence-electron chi connectivity index (χ1n) is 6.59. The van der Waals surface area contributed by atoms with Gasteiger partial charge >= 0.3 is 0 Å². The number of pyridine rings is 1. The molecule has 5 heteroatoms. The predicted octanol–water partition coefficient (Wildman–Crippen LogP) is 1.76. The predicted molar refractivity (Wildman–Crippen MR) is 74.3 cm³/mol. The first-order valence-corrected chi connectivity index (χ1v) is 6.59. The number of hydrogen-bond acceptors (Lipinski definition) is 4. The average molecular weight is 263 g/mol. The van der Waals surface area contributed by atoms with Crippen molar-refractivity contribution in [3.63, 3.8) is 0 Å². The van der Waals surface area contributed by atoms with Crippen LogP contribution in [0.3, 0.4) is 0 Å². The molecular formula is C14H21N3O2. The minimum absolute atomic E-state index is 0.0848. The lowest BCUT2D eigenvalue weighted by Gasteiger charge is -2.21. The normalized spacial score (nSPS) is 22.3. The molecular weight excluding hydrogens is 242 g/mol. The third kappa shape index (κ3) is 3.23. The van der Waals surface area contributed by atoms with Crippen molar-refractivity contribution < 1.29 is 9.53 Å². The second kappa shape index (κ2) is 6.02. The molecule has 1 saturated carbocycles. The van der Waals surface area contributed by atoms with Gasteiger partial charge in [-0.15, -0.1) is 0 Å². The van der Waals surface area contributed by atoms with Gasteiger partial charge in [0.05, 0.1) is 12.1 Å². The van der Waals surface area contributed by atoms with Gasteiger partial charge < -0.3 is 15.0 Å². The van der Waals surface area contributed by atoms with Crippen molar-refractivity contribution in [1.82, 2.24) is 9.88 Å². The summed E-state index contributed by atoms with van der Waals surface area (Å²) >= 11 is 0. The highest BCUT2D eigenvalue weighted by Gasteiger charge is 2.27. The van der Waals surface area contributed by atoms with Crippen LogP contribution in [0.15, 0.2) is 18.3 Å². The maximum atomic E-state index is 11.9. The number of methoxy groups -OCH3 is 1. The van der Waals surface area contributed by atoms with E-state index in [0.717, 1.165) is 18.5 Å². The van der Waals surface area contributed by atoms with Gasteiger partial charge in [-0.3, -0.25) is 9.78 Å². The quantitative estimate of drug-likeness (QED) is 0.899. The summed E-state index contributed by atoms with van der Waals surface area (Å²) in [5.41, 5.74) is 1.39. The van der Waals surface area contributed by atoms with E-state index in [1.807, 2.05) is 6.07 Å². The topological polar surface area (TPSA) is 54.5 Å². The fourth-order valence-corrected chi connectivity index (χ4v) is 2.45. The Morgan fingerprint density at radius 3 is 2.95 bits per heavy atom. The van der Waals surface area contributed by atoms with Crippen LogP contribution in [0.4, 0.5) is 5.69 Å². The molecule has 1 amide bonds. The number of anilines is 1. The zero-order valence-corrected chi connectivity index (χ0v) is 11.7. The summed E-state index contributed by atoms with van der Waals surface area (Å²) in [5.74, 6) is -0.0848. The summed E-state index contributed by atoms with van der Waals surface area (Å²) < 4.78 is 5.46. The Morgan fingerprint density at radius 1 is 1.47 bits per heavy atom. The Kier molecular flexibility index (Phi) is 4.37. The molecule has 1 aromatic rings. The molecule has 19 heavy (non-hydrogen) atoms. The minimum Gasteiger partial charge on any atom is -0.380 e. The molecule has 1 aliphatic carbocycles. The van der Waals surface area contributed by atoms with Gasteiger partial charge in [-0.1, -0.05) is 0 Å². The summed E-state index contributed by atoms with van der Waals surface area (Å²) in [5, 5.41) is 3.44. The van der Waals surface area contributed by atoms with Crippen molar-refractivity contribution >= 4 is 11.6 Å². The highest BCUT2D eigenvalue weighted by Crippen LogP contribution is 2.25. The Labute approximate surface area is 114 Å². The highest BCUT2D eigenvalue weighted by atomic mass is 16.5. The fraction of sp³-hybridized carbons (Fsp3) is 0.571. The van der Waals surface area contributed by atoms with Crippen molar-refractivity contribution in [2.24, 2.45) is 0 Å². The van der Waals surface area contributed by atoms with E-state index in [4.69, 9.17) is 4.74 Å². The van der Waals surface area contributed by atoms with Crippen LogP contribution in [0.2, 0.25) is 0 Å². The van der Waals surface area contributed by atoms with Crippen molar-refractivity contribution in [3.05, 3.63) is 24.0 Å². The molecule has 5 nitrogen and oxygen atoms in total. The minimum atomic E-state index is -0.0848. The molecule has 2 unspecified atom stereocenters. The van der Waals surface area contributed by atoms with E-state index < -0.39 is 0 Å². The lowest BCUT2D eigenvalue weighted by molar-refractivity contribution is 0.0822. The molecule has 0 aliphatic heterocycles. The van der Waals surface area contributed by atoms with E-state index in [0.29, 0.717) is 11.7 Å². The maximum Gasteiger partial charge on any atom is 0.272 e. The number of aromatic nitrogens is 1. The molecule has 0 spiro atoms. The van der Waals surface area contributed by atoms with E-state index in [-0.39, 0.29) is 12.0 Å². The van der Waals surface area contributed by atoms with Crippen molar-refractivity contribution in [3.8, 4) is 0 Å². The van der Waals surface area contributed by atoms with Crippen LogP contribution in [0, 0.1) is 0 Å². The van der Waals surface area contributed by atoms with Crippen LogP contribution < -0.4 is 5.32 Å². The van der Waals surface area contributed by atoms with Crippen LogP contribution in [-0.4, -0.2) is 49.1 Å². The third-order valence-corrected chi connectivity index (χ3v) is 3.49. The van der Waals surface area contributed by atoms with Crippen LogP contribution in [0.5, 0.6) is 0 Å². The van der Waals surface area contributed by atoms with Crippen molar-refractivity contribution in [2.45, 2.75) is 31.4 Å². The van der Waals surface area contributed by atoms with Gasteiger partial charge in [-0.05, 0) is 31.4 Å². The molecule has 1 fully saturated rings. The molecule has 0 radical (unpaired) electrons. The number of ether oxygens (including phenoxy) is 1. The number of amides is 1. The SMILES string of the molecule is COC1CCCC1Nc1ccnc(C(=O)N(C)C)c1. The van der Waals surface area contributed by atoms with E-state index >= 15 is 0 Å². The van der Waals surface area contributed by atoms with Gasteiger partial charge in [-0.2, -0.15) is 0 Å². The van der Waals surface area contributed by atoms with Gasteiger partial charge in [0.2, 0.25) is 0 Å². The maximum absolute atomic E-state index is 11.9. The zero-order valence-electron chi connectivity index (χ0n) is 11.7. The van der Waals surface area contributed by atoms with Gasteiger partial charge in [0.15, 0.2) is 0 Å². The summed E-state index contributed by atoms with van der Waals surface area (Å²) in [6.45, 7) is 0. The van der Waals surface area contributed by atoms with Crippen LogP contribution >= 0.6 is 0 Å². The van der Waals surface area contributed by atoms with Crippen molar-refractivity contribution in [1.29, 1.82) is 0 Å². The van der Waals surface area contributed by atoms with E-state index in [2.05, 4.69) is 10.3 Å². The molecule has 2 rings (SSSR count). The second-order valence-corrected chi connectivity index (χ2v) is 5.09. The van der Waals surface area contributed by atoms with E-state index in [1.165, 1.54) is 11.3 Å². The van der Waals surface area contributed by atoms with Crippen molar-refractivity contribution in [2.75, 3.05) is 26.5 Å². The molecule has 1 aromatic heterocycles. The van der Waals surface area contributed by atoms with E-state index in [9.17, 15) is 4.79 Å². The molecule has 0 saturated heterocycles. The number of nitrogens with zero attached hydrogens (tertiary/aromatic N) is 2. The number of carbonyl (C=O) groups is 1. The fourth-order valence-electron chi connectivity index (χ4n) is 2.45. The number of rotatable bonds is 4. The molecule has 0 aromatic carbocycles.